The van der Waals surface area contributed by atoms with Crippen molar-refractivity contribution < 1.29 is 51.3 Å². The molecule has 0 spiro atoms. The van der Waals surface area contributed by atoms with Crippen LogP contribution in [0.5, 0.6) is 23.0 Å². The molecule has 4 saturated carbocycles. The van der Waals surface area contributed by atoms with Crippen LogP contribution in [0.3, 0.4) is 0 Å². The van der Waals surface area contributed by atoms with Crippen molar-refractivity contribution in [3.8, 4) is 23.0 Å². The number of fused-ring (bicyclic) bond motifs is 4. The molecule has 0 radical (unpaired) electrons. The van der Waals surface area contributed by atoms with Gasteiger partial charge < -0.3 is 38.5 Å². The first kappa shape index (κ1) is 67.2. The smallest absolute Gasteiger partial charge is 0.409 e. The topological polar surface area (TPSA) is 189 Å². The third kappa shape index (κ3) is 16.1. The van der Waals surface area contributed by atoms with Crippen molar-refractivity contribution in [3.63, 3.8) is 0 Å². The third-order valence-electron chi connectivity index (χ3n) is 20.6. The second-order valence-corrected chi connectivity index (χ2v) is 27.4. The van der Waals surface area contributed by atoms with Gasteiger partial charge in [0.1, 0.15) is 101 Å². The van der Waals surface area contributed by atoms with Crippen LogP contribution in [0.2, 0.25) is 0 Å². The number of nitrogens with zero attached hydrogens (tertiary/aromatic N) is 12. The van der Waals surface area contributed by atoms with Crippen LogP contribution in [0.1, 0.15) is 137 Å². The zero-order valence-corrected chi connectivity index (χ0v) is 56.0. The van der Waals surface area contributed by atoms with E-state index in [-0.39, 0.29) is 43.1 Å². The quantitative estimate of drug-likeness (QED) is 0.0703. The van der Waals surface area contributed by atoms with Gasteiger partial charge in [-0.3, -0.25) is 37.9 Å². The van der Waals surface area contributed by atoms with Crippen molar-refractivity contribution >= 4 is 23.6 Å². The summed E-state index contributed by atoms with van der Waals surface area (Å²) in [6.07, 6.45) is 3.75. The number of aromatic nitrogens is 8. The highest BCUT2D eigenvalue weighted by molar-refractivity contribution is 5.95. The molecule has 8 aliphatic rings. The Hall–Kier alpha value is -9.41. The molecular formula is C75H87F3N12O8. The summed E-state index contributed by atoms with van der Waals surface area (Å²) in [6, 6.07) is 43.6. The molecule has 0 N–H and O–H groups in total. The molecule has 0 bridgehead atoms. The highest BCUT2D eigenvalue weighted by atomic mass is 19.4. The number of para-hydroxylation sites is 4. The first-order valence-electron chi connectivity index (χ1n) is 34.8. The van der Waals surface area contributed by atoms with Gasteiger partial charge in [-0.1, -0.05) is 113 Å². The van der Waals surface area contributed by atoms with E-state index in [1.54, 1.807) is 12.1 Å². The van der Waals surface area contributed by atoms with E-state index in [9.17, 15) is 32.3 Å². The van der Waals surface area contributed by atoms with Gasteiger partial charge in [-0.15, -0.1) is 0 Å². The van der Waals surface area contributed by atoms with Crippen LogP contribution in [-0.4, -0.2) is 140 Å². The van der Waals surface area contributed by atoms with E-state index in [0.29, 0.717) is 78.9 Å². The molecule has 516 valence electrons. The SMILES string of the molecule is CC1CC[C@@H]1CN1CCn2nc(COc3ccccc3)cc2C1=O.CC1CC[C@H]1CN1CCn2nc(COc3ccccc3)cc2C1=O.C[C@@H]1C[C@H]1CN1CCn2nc(COc3ccccc3)cc2C1=O.O=C1c2cc(COc3ccccc3)nn2CCN1[C@@H](C1CCC1)C(F)(F)F. The van der Waals surface area contributed by atoms with Crippen LogP contribution in [0.4, 0.5) is 13.2 Å². The highest BCUT2D eigenvalue weighted by Gasteiger charge is 2.52. The number of hydrogen-bond acceptors (Lipinski definition) is 12. The molecule has 4 fully saturated rings. The molecule has 20 nitrogen and oxygen atoms in total. The van der Waals surface area contributed by atoms with Crippen molar-refractivity contribution in [2.75, 3.05) is 45.8 Å². The van der Waals surface area contributed by atoms with Crippen LogP contribution in [0.15, 0.2) is 146 Å². The zero-order chi connectivity index (χ0) is 67.9. The normalized spacial score (nSPS) is 21.7. The van der Waals surface area contributed by atoms with Gasteiger partial charge in [0.15, 0.2) is 0 Å². The molecule has 8 aromatic rings. The van der Waals surface area contributed by atoms with Crippen LogP contribution < -0.4 is 18.9 Å². The Morgan fingerprint density at radius 1 is 0.398 bits per heavy atom. The Bertz CT molecular complexity index is 3880. The first-order valence-corrected chi connectivity index (χ1v) is 34.8. The molecule has 16 rings (SSSR count). The molecule has 4 amide bonds. The minimum absolute atomic E-state index is 0.0210. The number of halogens is 3. The molecule has 8 heterocycles. The highest BCUT2D eigenvalue weighted by Crippen LogP contribution is 2.42. The molecule has 98 heavy (non-hydrogen) atoms. The van der Waals surface area contributed by atoms with Crippen LogP contribution in [0, 0.1) is 41.4 Å². The predicted molar refractivity (Wildman–Crippen MR) is 359 cm³/mol. The Morgan fingerprint density at radius 2 is 0.704 bits per heavy atom. The Balaban J connectivity index is 0.000000118. The summed E-state index contributed by atoms with van der Waals surface area (Å²) in [5, 5.41) is 17.9. The van der Waals surface area contributed by atoms with E-state index in [0.717, 1.165) is 122 Å². The molecule has 7 atom stereocenters. The molecular weight excluding hydrogens is 1250 g/mol. The maximum Gasteiger partial charge on any atom is 0.409 e. The molecule has 23 heteroatoms. The largest absolute Gasteiger partial charge is 0.487 e. The van der Waals surface area contributed by atoms with Gasteiger partial charge in [-0.05, 0) is 146 Å². The number of benzene rings is 4. The average Bonchev–Trinajstić information content (AvgIpc) is 1.34. The second kappa shape index (κ2) is 30.1. The summed E-state index contributed by atoms with van der Waals surface area (Å²) in [6.45, 7) is 15.7. The Labute approximate surface area is 569 Å². The molecule has 4 aliphatic heterocycles. The number of amides is 4. The monoisotopic (exact) mass is 1340 g/mol. The van der Waals surface area contributed by atoms with Gasteiger partial charge in [-0.2, -0.15) is 33.6 Å². The molecule has 2 unspecified atom stereocenters. The Morgan fingerprint density at radius 3 is 0.969 bits per heavy atom. The lowest BCUT2D eigenvalue weighted by Crippen LogP contribution is -2.57. The van der Waals surface area contributed by atoms with E-state index in [1.807, 2.05) is 156 Å². The fraction of sp³-hybridized carbons (Fsp3) is 0.467. The predicted octanol–water partition coefficient (Wildman–Crippen LogP) is 12.2. The number of rotatable bonds is 20. The van der Waals surface area contributed by atoms with Crippen LogP contribution in [-0.2, 0) is 52.6 Å². The minimum Gasteiger partial charge on any atom is -0.487 e. The van der Waals surface area contributed by atoms with E-state index in [1.165, 1.54) is 42.9 Å². The number of carbonyl (C=O) groups is 4. The van der Waals surface area contributed by atoms with Crippen LogP contribution >= 0.6 is 0 Å². The fourth-order valence-corrected chi connectivity index (χ4v) is 13.9. The van der Waals surface area contributed by atoms with E-state index < -0.39 is 24.0 Å². The number of ether oxygens (including phenoxy) is 4. The minimum atomic E-state index is -4.41. The lowest BCUT2D eigenvalue weighted by atomic mass is 9.74. The first-order chi connectivity index (χ1) is 47.5. The summed E-state index contributed by atoms with van der Waals surface area (Å²) < 4.78 is 70.6. The van der Waals surface area contributed by atoms with Crippen molar-refractivity contribution in [3.05, 3.63) is 191 Å². The number of carbonyl (C=O) groups excluding carboxylic acids is 4. The van der Waals surface area contributed by atoms with Crippen LogP contribution in [0.25, 0.3) is 0 Å². The number of hydrogen-bond donors (Lipinski definition) is 0. The van der Waals surface area contributed by atoms with Crippen molar-refractivity contribution in [2.45, 2.75) is 137 Å². The van der Waals surface area contributed by atoms with Gasteiger partial charge in [0.25, 0.3) is 23.6 Å². The van der Waals surface area contributed by atoms with E-state index >= 15 is 0 Å². The summed E-state index contributed by atoms with van der Waals surface area (Å²) in [7, 11) is 0. The van der Waals surface area contributed by atoms with Crippen molar-refractivity contribution in [2.24, 2.45) is 41.4 Å². The summed E-state index contributed by atoms with van der Waals surface area (Å²) in [5.74, 6) is 6.63. The summed E-state index contributed by atoms with van der Waals surface area (Å²) >= 11 is 0. The summed E-state index contributed by atoms with van der Waals surface area (Å²) in [5.41, 5.74) is 5.22. The standard InChI is InChI=1S/C19H20F3N3O2.2C19H23N3O2.C18H21N3O2/c20-19(21,22)17(13-5-4-6-13)24-9-10-25-16(18(24)26)11-14(23-25)12-27-15-7-2-1-3-8-15;2*1-14-7-8-15(14)12-21-9-10-22-18(19(21)23)11-16(20-22)13-24-17-5-3-2-4-6-17;1-13-9-14(13)11-20-7-8-21-17(18(20)22)10-15(19-21)12-23-16-5-3-2-4-6-16/h1-3,7-8,11,13,17H,4-6,9-10,12H2;2*2-6,11,14-15H,7-10,12-13H2,1H3;2-6,10,13-14H,7-9,11-12H2,1H3/t17-;2*14?,15-;13-,14+/m0101/s1. The third-order valence-corrected chi connectivity index (χ3v) is 20.6. The van der Waals surface area contributed by atoms with Gasteiger partial charge >= 0.3 is 6.18 Å². The maximum atomic E-state index is 13.6. The molecule has 4 aliphatic carbocycles. The van der Waals surface area contributed by atoms with E-state index in [2.05, 4.69) is 41.2 Å². The molecule has 4 aromatic heterocycles. The summed E-state index contributed by atoms with van der Waals surface area (Å²) in [4.78, 5) is 57.7. The fourth-order valence-electron chi connectivity index (χ4n) is 13.9. The van der Waals surface area contributed by atoms with Gasteiger partial charge in [0.05, 0.1) is 26.2 Å². The number of alkyl halides is 3. The van der Waals surface area contributed by atoms with Gasteiger partial charge in [-0.25, -0.2) is 0 Å². The van der Waals surface area contributed by atoms with Crippen molar-refractivity contribution in [1.82, 2.24) is 58.7 Å². The van der Waals surface area contributed by atoms with Crippen molar-refractivity contribution in [1.29, 1.82) is 0 Å². The van der Waals surface area contributed by atoms with Gasteiger partial charge in [0, 0.05) is 45.8 Å². The molecule has 0 saturated heterocycles. The average molecular weight is 1340 g/mol. The lowest BCUT2D eigenvalue weighted by Gasteiger charge is -2.43. The zero-order valence-electron chi connectivity index (χ0n) is 56.0. The lowest BCUT2D eigenvalue weighted by molar-refractivity contribution is -0.198. The van der Waals surface area contributed by atoms with E-state index in [4.69, 9.17) is 18.9 Å². The van der Waals surface area contributed by atoms with Gasteiger partial charge in [0.2, 0.25) is 0 Å². The second-order valence-electron chi connectivity index (χ2n) is 27.4. The Kier molecular flexibility index (Phi) is 20.7. The maximum absolute atomic E-state index is 13.6. The molecule has 4 aromatic carbocycles.